The fourth-order valence-corrected chi connectivity index (χ4v) is 2.06. The number of esters is 1. The molecule has 0 saturated carbocycles. The van der Waals surface area contributed by atoms with Gasteiger partial charge in [-0.15, -0.1) is 12.4 Å². The second-order valence-corrected chi connectivity index (χ2v) is 5.45. The van der Waals surface area contributed by atoms with Crippen LogP contribution in [0.15, 0.2) is 28.7 Å². The Balaban J connectivity index is 0.00000400. The highest BCUT2D eigenvalue weighted by Gasteiger charge is 2.21. The van der Waals surface area contributed by atoms with Crippen LogP contribution in [0, 0.1) is 5.92 Å². The van der Waals surface area contributed by atoms with E-state index in [0.717, 1.165) is 10.0 Å². The molecule has 0 saturated heterocycles. The van der Waals surface area contributed by atoms with Gasteiger partial charge in [-0.2, -0.15) is 0 Å². The van der Waals surface area contributed by atoms with E-state index in [1.165, 1.54) is 7.11 Å². The SMILES string of the molecule is COC(=O)CC(NC(=O)C(C)CN)c1cccc(Br)c1.Cl. The molecule has 0 aliphatic carbocycles. The van der Waals surface area contributed by atoms with Crippen LogP contribution in [-0.2, 0) is 14.3 Å². The Bertz CT molecular complexity index is 485. The zero-order valence-electron chi connectivity index (χ0n) is 12.0. The molecule has 2 atom stereocenters. The van der Waals surface area contributed by atoms with Crippen molar-refractivity contribution < 1.29 is 14.3 Å². The first-order chi connectivity index (χ1) is 9.47. The van der Waals surface area contributed by atoms with Crippen LogP contribution in [-0.4, -0.2) is 25.5 Å². The fourth-order valence-electron chi connectivity index (χ4n) is 1.65. The third-order valence-corrected chi connectivity index (χ3v) is 3.46. The van der Waals surface area contributed by atoms with Crippen molar-refractivity contribution >= 4 is 40.2 Å². The first-order valence-corrected chi connectivity index (χ1v) is 7.10. The van der Waals surface area contributed by atoms with Gasteiger partial charge in [0.1, 0.15) is 0 Å². The average Bonchev–Trinajstić information content (AvgIpc) is 2.45. The third-order valence-electron chi connectivity index (χ3n) is 2.97. The standard InChI is InChI=1S/C14H19BrN2O3.ClH/c1-9(8-16)14(19)17-12(7-13(18)20-2)10-4-3-5-11(15)6-10;/h3-6,9,12H,7-8,16H2,1-2H3,(H,17,19);1H. The molecule has 1 amide bonds. The molecule has 0 radical (unpaired) electrons. The predicted molar refractivity (Wildman–Crippen MR) is 87.1 cm³/mol. The van der Waals surface area contributed by atoms with E-state index in [1.54, 1.807) is 6.92 Å². The minimum Gasteiger partial charge on any atom is -0.469 e. The van der Waals surface area contributed by atoms with E-state index in [1.807, 2.05) is 24.3 Å². The topological polar surface area (TPSA) is 81.4 Å². The van der Waals surface area contributed by atoms with E-state index in [0.29, 0.717) is 0 Å². The summed E-state index contributed by atoms with van der Waals surface area (Å²) in [7, 11) is 1.32. The van der Waals surface area contributed by atoms with Gasteiger partial charge in [0.25, 0.3) is 0 Å². The summed E-state index contributed by atoms with van der Waals surface area (Å²) in [5.74, 6) is -0.862. The monoisotopic (exact) mass is 378 g/mol. The third kappa shape index (κ3) is 6.46. The van der Waals surface area contributed by atoms with Crippen molar-refractivity contribution in [2.45, 2.75) is 19.4 Å². The largest absolute Gasteiger partial charge is 0.469 e. The van der Waals surface area contributed by atoms with Crippen molar-refractivity contribution in [2.75, 3.05) is 13.7 Å². The lowest BCUT2D eigenvalue weighted by atomic mass is 10.0. The molecule has 0 aliphatic heterocycles. The van der Waals surface area contributed by atoms with Crippen molar-refractivity contribution in [3.63, 3.8) is 0 Å². The van der Waals surface area contributed by atoms with E-state index < -0.39 is 6.04 Å². The lowest BCUT2D eigenvalue weighted by molar-refractivity contribution is -0.141. The molecule has 118 valence electrons. The number of halogens is 2. The number of benzene rings is 1. The smallest absolute Gasteiger partial charge is 0.307 e. The summed E-state index contributed by atoms with van der Waals surface area (Å²) < 4.78 is 5.55. The molecule has 3 N–H and O–H groups in total. The highest BCUT2D eigenvalue weighted by Crippen LogP contribution is 2.21. The molecule has 0 fully saturated rings. The van der Waals surface area contributed by atoms with Crippen LogP contribution in [0.3, 0.4) is 0 Å². The normalized spacial score (nSPS) is 12.8. The number of hydrogen-bond donors (Lipinski definition) is 2. The highest BCUT2D eigenvalue weighted by atomic mass is 79.9. The molecule has 1 rings (SSSR count). The molecule has 7 heteroatoms. The van der Waals surface area contributed by atoms with E-state index in [2.05, 4.69) is 26.0 Å². The van der Waals surface area contributed by atoms with Crippen LogP contribution in [0.4, 0.5) is 0 Å². The van der Waals surface area contributed by atoms with E-state index in [4.69, 9.17) is 5.73 Å². The highest BCUT2D eigenvalue weighted by molar-refractivity contribution is 9.10. The molecule has 5 nitrogen and oxygen atoms in total. The average molecular weight is 380 g/mol. The van der Waals surface area contributed by atoms with Gasteiger partial charge in [-0.1, -0.05) is 35.0 Å². The zero-order chi connectivity index (χ0) is 15.1. The van der Waals surface area contributed by atoms with Crippen LogP contribution < -0.4 is 11.1 Å². The molecule has 2 unspecified atom stereocenters. The number of nitrogens with two attached hydrogens (primary N) is 1. The Hall–Kier alpha value is -1.11. The molecule has 0 aliphatic rings. The second kappa shape index (κ2) is 9.76. The molecule has 0 aromatic heterocycles. The van der Waals surface area contributed by atoms with Crippen LogP contribution in [0.2, 0.25) is 0 Å². The minimum atomic E-state index is -0.429. The summed E-state index contributed by atoms with van der Waals surface area (Å²) in [6.07, 6.45) is 0.0793. The molecule has 21 heavy (non-hydrogen) atoms. The maximum atomic E-state index is 12.0. The first-order valence-electron chi connectivity index (χ1n) is 6.30. The van der Waals surface area contributed by atoms with Gasteiger partial charge >= 0.3 is 5.97 Å². The van der Waals surface area contributed by atoms with E-state index in [-0.39, 0.29) is 43.2 Å². The molecular weight excluding hydrogens is 360 g/mol. The van der Waals surface area contributed by atoms with Crippen LogP contribution in [0.5, 0.6) is 0 Å². The predicted octanol–water partition coefficient (Wildman–Crippen LogP) is 2.19. The number of carbonyl (C=O) groups excluding carboxylic acids is 2. The van der Waals surface area contributed by atoms with Gasteiger partial charge in [-0.05, 0) is 17.7 Å². The molecule has 0 bridgehead atoms. The van der Waals surface area contributed by atoms with Gasteiger partial charge < -0.3 is 15.8 Å². The van der Waals surface area contributed by atoms with Crippen molar-refractivity contribution in [2.24, 2.45) is 11.7 Å². The summed E-state index contributed by atoms with van der Waals surface area (Å²) in [6, 6.07) is 7.01. The van der Waals surface area contributed by atoms with Crippen LogP contribution >= 0.6 is 28.3 Å². The number of nitrogens with one attached hydrogen (secondary N) is 1. The molecule has 1 aromatic carbocycles. The number of carbonyl (C=O) groups is 2. The zero-order valence-corrected chi connectivity index (χ0v) is 14.4. The van der Waals surface area contributed by atoms with Crippen molar-refractivity contribution in [1.29, 1.82) is 0 Å². The Labute approximate surface area is 139 Å². The summed E-state index contributed by atoms with van der Waals surface area (Å²) in [5, 5.41) is 2.84. The number of amides is 1. The Kier molecular flexibility index (Phi) is 9.24. The lowest BCUT2D eigenvalue weighted by Crippen LogP contribution is -2.36. The number of ether oxygens (including phenoxy) is 1. The van der Waals surface area contributed by atoms with Gasteiger partial charge in [0.05, 0.1) is 19.6 Å². The van der Waals surface area contributed by atoms with Crippen molar-refractivity contribution in [3.8, 4) is 0 Å². The second-order valence-electron chi connectivity index (χ2n) is 4.53. The number of hydrogen-bond acceptors (Lipinski definition) is 4. The van der Waals surface area contributed by atoms with Crippen molar-refractivity contribution in [3.05, 3.63) is 34.3 Å². The summed E-state index contributed by atoms with van der Waals surface area (Å²) in [6.45, 7) is 2.00. The Morgan fingerprint density at radius 3 is 2.62 bits per heavy atom. The van der Waals surface area contributed by atoms with Gasteiger partial charge in [0.2, 0.25) is 5.91 Å². The Morgan fingerprint density at radius 2 is 2.10 bits per heavy atom. The quantitative estimate of drug-likeness (QED) is 0.742. The maximum Gasteiger partial charge on any atom is 0.307 e. The molecule has 0 heterocycles. The summed E-state index contributed by atoms with van der Waals surface area (Å²) >= 11 is 3.37. The van der Waals surface area contributed by atoms with E-state index in [9.17, 15) is 9.59 Å². The molecule has 1 aromatic rings. The Morgan fingerprint density at radius 1 is 1.43 bits per heavy atom. The van der Waals surface area contributed by atoms with Gasteiger partial charge in [-0.3, -0.25) is 9.59 Å². The maximum absolute atomic E-state index is 12.0. The van der Waals surface area contributed by atoms with Gasteiger partial charge in [0, 0.05) is 16.9 Å². The van der Waals surface area contributed by atoms with Crippen LogP contribution in [0.25, 0.3) is 0 Å². The van der Waals surface area contributed by atoms with Crippen molar-refractivity contribution in [1.82, 2.24) is 5.32 Å². The van der Waals surface area contributed by atoms with Gasteiger partial charge in [0.15, 0.2) is 0 Å². The van der Waals surface area contributed by atoms with Gasteiger partial charge in [-0.25, -0.2) is 0 Å². The first kappa shape index (κ1) is 19.9. The molecular formula is C14H20BrClN2O3. The number of rotatable bonds is 6. The lowest BCUT2D eigenvalue weighted by Gasteiger charge is -2.20. The summed E-state index contributed by atoms with van der Waals surface area (Å²) in [5.41, 5.74) is 6.31. The fraction of sp³-hybridized carbons (Fsp3) is 0.429. The number of methoxy groups -OCH3 is 1. The molecule has 0 spiro atoms. The summed E-state index contributed by atoms with van der Waals surface area (Å²) in [4.78, 5) is 23.4. The van der Waals surface area contributed by atoms with Crippen LogP contribution in [0.1, 0.15) is 24.9 Å². The van der Waals surface area contributed by atoms with E-state index >= 15 is 0 Å². The minimum absolute atomic E-state index is 0.